The van der Waals surface area contributed by atoms with Gasteiger partial charge in [-0.25, -0.2) is 0 Å². The van der Waals surface area contributed by atoms with E-state index in [9.17, 15) is 4.79 Å². The highest BCUT2D eigenvalue weighted by atomic mass is 16.4. The number of aliphatic carboxylic acids is 1. The van der Waals surface area contributed by atoms with Crippen molar-refractivity contribution in [2.45, 2.75) is 31.8 Å². The number of carboxylic acids is 1. The second-order valence-electron chi connectivity index (χ2n) is 5.28. The molecular weight excluding hydrogens is 240 g/mol. The van der Waals surface area contributed by atoms with E-state index < -0.39 is 5.97 Å². The minimum Gasteiger partial charge on any atom is -0.481 e. The summed E-state index contributed by atoms with van der Waals surface area (Å²) in [5, 5.41) is 12.2. The number of carbonyl (C=O) groups is 1. The molecule has 0 radical (unpaired) electrons. The monoisotopic (exact) mass is 262 g/mol. The van der Waals surface area contributed by atoms with E-state index in [1.807, 2.05) is 6.07 Å². The Bertz CT molecular complexity index is 408. The predicted molar refractivity (Wildman–Crippen MR) is 75.2 cm³/mol. The smallest absolute Gasteiger partial charge is 0.304 e. The number of piperazine rings is 1. The summed E-state index contributed by atoms with van der Waals surface area (Å²) < 4.78 is 0. The second-order valence-corrected chi connectivity index (χ2v) is 5.28. The molecular formula is C15H22N2O2. The van der Waals surface area contributed by atoms with E-state index >= 15 is 0 Å². The summed E-state index contributed by atoms with van der Waals surface area (Å²) in [7, 11) is 0. The minimum atomic E-state index is -0.727. The fourth-order valence-electron chi connectivity index (χ4n) is 2.57. The number of hydrogen-bond acceptors (Lipinski definition) is 3. The molecule has 2 unspecified atom stereocenters. The predicted octanol–water partition coefficient (Wildman–Crippen LogP) is 1.37. The van der Waals surface area contributed by atoms with Gasteiger partial charge in [-0.3, -0.25) is 9.69 Å². The molecule has 4 heteroatoms. The Hall–Kier alpha value is -1.39. The van der Waals surface area contributed by atoms with Gasteiger partial charge in [-0.15, -0.1) is 0 Å². The first-order valence-electron chi connectivity index (χ1n) is 6.88. The Labute approximate surface area is 114 Å². The molecule has 19 heavy (non-hydrogen) atoms. The second kappa shape index (κ2) is 6.68. The largest absolute Gasteiger partial charge is 0.481 e. The van der Waals surface area contributed by atoms with Crippen LogP contribution in [0.1, 0.15) is 18.9 Å². The lowest BCUT2D eigenvalue weighted by Gasteiger charge is -2.38. The van der Waals surface area contributed by atoms with Crippen molar-refractivity contribution in [1.82, 2.24) is 10.2 Å². The van der Waals surface area contributed by atoms with Crippen molar-refractivity contribution in [2.24, 2.45) is 0 Å². The third kappa shape index (κ3) is 4.33. The van der Waals surface area contributed by atoms with Crippen molar-refractivity contribution in [3.8, 4) is 0 Å². The molecule has 1 aliphatic heterocycles. The summed E-state index contributed by atoms with van der Waals surface area (Å²) in [6, 6.07) is 11.0. The molecule has 0 spiro atoms. The zero-order valence-electron chi connectivity index (χ0n) is 11.4. The molecule has 2 N–H and O–H groups in total. The van der Waals surface area contributed by atoms with Crippen LogP contribution in [-0.4, -0.2) is 47.7 Å². The van der Waals surface area contributed by atoms with Gasteiger partial charge in [0.2, 0.25) is 0 Å². The molecule has 0 aliphatic carbocycles. The summed E-state index contributed by atoms with van der Waals surface area (Å²) in [4.78, 5) is 13.2. The first-order valence-corrected chi connectivity index (χ1v) is 6.88. The molecule has 0 aromatic heterocycles. The number of nitrogens with one attached hydrogen (secondary N) is 1. The third-order valence-corrected chi connectivity index (χ3v) is 3.73. The summed E-state index contributed by atoms with van der Waals surface area (Å²) >= 11 is 0. The molecule has 0 saturated carbocycles. The average molecular weight is 262 g/mol. The van der Waals surface area contributed by atoms with Gasteiger partial charge in [-0.05, 0) is 18.9 Å². The minimum absolute atomic E-state index is 0.0736. The Kier molecular flexibility index (Phi) is 4.93. The van der Waals surface area contributed by atoms with E-state index in [0.717, 1.165) is 26.1 Å². The zero-order valence-corrected chi connectivity index (χ0v) is 11.4. The van der Waals surface area contributed by atoms with Crippen LogP contribution in [0.25, 0.3) is 0 Å². The number of rotatable bonds is 5. The summed E-state index contributed by atoms with van der Waals surface area (Å²) in [5.74, 6) is -0.727. The first kappa shape index (κ1) is 14.0. The third-order valence-electron chi connectivity index (χ3n) is 3.73. The molecule has 1 fully saturated rings. The van der Waals surface area contributed by atoms with Gasteiger partial charge in [-0.2, -0.15) is 0 Å². The lowest BCUT2D eigenvalue weighted by atomic mass is 10.1. The van der Waals surface area contributed by atoms with Crippen LogP contribution in [0, 0.1) is 0 Å². The maximum Gasteiger partial charge on any atom is 0.304 e. The van der Waals surface area contributed by atoms with Gasteiger partial charge in [-0.1, -0.05) is 30.3 Å². The summed E-state index contributed by atoms with van der Waals surface area (Å²) in [6.07, 6.45) is 1.22. The molecule has 1 aliphatic rings. The van der Waals surface area contributed by atoms with Crippen molar-refractivity contribution < 1.29 is 9.90 Å². The highest BCUT2D eigenvalue weighted by Crippen LogP contribution is 2.11. The fraction of sp³-hybridized carbons (Fsp3) is 0.533. The molecule has 0 amide bonds. The maximum atomic E-state index is 10.8. The number of hydrogen-bond donors (Lipinski definition) is 2. The van der Waals surface area contributed by atoms with E-state index in [-0.39, 0.29) is 12.5 Å². The molecule has 1 saturated heterocycles. The van der Waals surface area contributed by atoms with Crippen LogP contribution < -0.4 is 5.32 Å². The van der Waals surface area contributed by atoms with Gasteiger partial charge in [0.1, 0.15) is 0 Å². The van der Waals surface area contributed by atoms with Gasteiger partial charge in [0, 0.05) is 31.7 Å². The molecule has 0 bridgehead atoms. The van der Waals surface area contributed by atoms with Crippen molar-refractivity contribution in [3.63, 3.8) is 0 Å². The Balaban J connectivity index is 1.85. The van der Waals surface area contributed by atoms with Crippen LogP contribution in [0.2, 0.25) is 0 Å². The van der Waals surface area contributed by atoms with Gasteiger partial charge in [0.25, 0.3) is 0 Å². The van der Waals surface area contributed by atoms with Crippen molar-refractivity contribution in [2.75, 3.05) is 19.6 Å². The topological polar surface area (TPSA) is 52.6 Å². The molecule has 2 atom stereocenters. The lowest BCUT2D eigenvalue weighted by molar-refractivity contribution is -0.137. The van der Waals surface area contributed by atoms with Crippen LogP contribution in [-0.2, 0) is 11.2 Å². The van der Waals surface area contributed by atoms with Crippen molar-refractivity contribution in [3.05, 3.63) is 35.9 Å². The number of benzene rings is 1. The SMILES string of the molecule is CC1CNC(CC(=O)O)CN1CCc1ccccc1. The molecule has 1 heterocycles. The van der Waals surface area contributed by atoms with Crippen LogP contribution in [0.3, 0.4) is 0 Å². The van der Waals surface area contributed by atoms with E-state index in [1.54, 1.807) is 0 Å². The number of carboxylic acid groups (broad SMARTS) is 1. The Morgan fingerprint density at radius 3 is 2.84 bits per heavy atom. The molecule has 1 aromatic carbocycles. The van der Waals surface area contributed by atoms with Crippen LogP contribution in [0.15, 0.2) is 30.3 Å². The van der Waals surface area contributed by atoms with E-state index in [2.05, 4.69) is 41.4 Å². The summed E-state index contributed by atoms with van der Waals surface area (Å²) in [5.41, 5.74) is 1.34. The number of nitrogens with zero attached hydrogens (tertiary/aromatic N) is 1. The van der Waals surface area contributed by atoms with Gasteiger partial charge in [0.05, 0.1) is 6.42 Å². The maximum absolute atomic E-state index is 10.8. The van der Waals surface area contributed by atoms with Gasteiger partial charge in [0.15, 0.2) is 0 Å². The van der Waals surface area contributed by atoms with Gasteiger partial charge < -0.3 is 10.4 Å². The van der Waals surface area contributed by atoms with Crippen LogP contribution >= 0.6 is 0 Å². The molecule has 104 valence electrons. The molecule has 1 aromatic rings. The Morgan fingerprint density at radius 1 is 1.42 bits per heavy atom. The van der Waals surface area contributed by atoms with Crippen LogP contribution in [0.5, 0.6) is 0 Å². The molecule has 2 rings (SSSR count). The fourth-order valence-corrected chi connectivity index (χ4v) is 2.57. The zero-order chi connectivity index (χ0) is 13.7. The average Bonchev–Trinajstić information content (AvgIpc) is 2.40. The quantitative estimate of drug-likeness (QED) is 0.841. The standard InChI is InChI=1S/C15H22N2O2/c1-12-10-16-14(9-15(18)19)11-17(12)8-7-13-5-3-2-4-6-13/h2-6,12,14,16H,7-11H2,1H3,(H,18,19). The van der Waals surface area contributed by atoms with Crippen LogP contribution in [0.4, 0.5) is 0 Å². The molecule has 4 nitrogen and oxygen atoms in total. The van der Waals surface area contributed by atoms with E-state index in [0.29, 0.717) is 6.04 Å². The highest BCUT2D eigenvalue weighted by Gasteiger charge is 2.25. The normalized spacial score (nSPS) is 24.3. The van der Waals surface area contributed by atoms with E-state index in [4.69, 9.17) is 5.11 Å². The van der Waals surface area contributed by atoms with Crippen molar-refractivity contribution in [1.29, 1.82) is 0 Å². The van der Waals surface area contributed by atoms with Gasteiger partial charge >= 0.3 is 5.97 Å². The highest BCUT2D eigenvalue weighted by molar-refractivity contribution is 5.67. The lowest BCUT2D eigenvalue weighted by Crippen LogP contribution is -2.56. The van der Waals surface area contributed by atoms with E-state index in [1.165, 1.54) is 5.56 Å². The first-order chi connectivity index (χ1) is 9.15. The van der Waals surface area contributed by atoms with Crippen molar-refractivity contribution >= 4 is 5.97 Å². The Morgan fingerprint density at radius 2 is 2.16 bits per heavy atom. The summed E-state index contributed by atoms with van der Waals surface area (Å²) in [6.45, 7) is 4.87.